The summed E-state index contributed by atoms with van der Waals surface area (Å²) in [5.41, 5.74) is 1.65. The predicted octanol–water partition coefficient (Wildman–Crippen LogP) is 6.40. The van der Waals surface area contributed by atoms with E-state index in [-0.39, 0.29) is 5.78 Å². The van der Waals surface area contributed by atoms with E-state index in [1.165, 1.54) is 11.3 Å². The normalized spacial score (nSPS) is 11.4. The van der Waals surface area contributed by atoms with Crippen molar-refractivity contribution >= 4 is 57.6 Å². The summed E-state index contributed by atoms with van der Waals surface area (Å²) in [5.74, 6) is -0.00598. The minimum absolute atomic E-state index is 0.00598. The van der Waals surface area contributed by atoms with E-state index in [4.69, 9.17) is 0 Å². The Morgan fingerprint density at radius 2 is 1.79 bits per heavy atom. The van der Waals surface area contributed by atoms with Gasteiger partial charge < -0.3 is 0 Å². The second kappa shape index (κ2) is 9.56. The first-order chi connectivity index (χ1) is 14.3. The SMILES string of the molecule is O=C(/C=C/c1ccc(Sc2nnc(/N=C\c3cccs3)s2)cc1)c1ccccc1. The molecule has 0 unspecified atom stereocenters. The minimum atomic E-state index is -0.00598. The number of rotatable bonds is 7. The second-order valence-corrected chi connectivity index (χ2v) is 9.11. The molecule has 0 N–H and O–H groups in total. The molecule has 0 radical (unpaired) electrons. The van der Waals surface area contributed by atoms with E-state index in [0.29, 0.717) is 10.7 Å². The predicted molar refractivity (Wildman–Crippen MR) is 122 cm³/mol. The molecule has 4 aromatic rings. The van der Waals surface area contributed by atoms with Crippen LogP contribution >= 0.6 is 34.4 Å². The smallest absolute Gasteiger partial charge is 0.232 e. The lowest BCUT2D eigenvalue weighted by Crippen LogP contribution is -1.92. The van der Waals surface area contributed by atoms with E-state index in [1.54, 1.807) is 35.4 Å². The molecule has 0 saturated heterocycles. The van der Waals surface area contributed by atoms with E-state index in [0.717, 1.165) is 19.7 Å². The van der Waals surface area contributed by atoms with Gasteiger partial charge in [-0.25, -0.2) is 4.99 Å². The molecule has 7 heteroatoms. The van der Waals surface area contributed by atoms with Gasteiger partial charge in [0.05, 0.1) is 0 Å². The standard InChI is InChI=1S/C22H15N3OS3/c26-20(17-5-2-1-3-6-17)13-10-16-8-11-18(12-9-16)28-22-25-24-21(29-22)23-15-19-7-4-14-27-19/h1-15H/b13-10+,23-15-. The Hall–Kier alpha value is -2.87. The number of benzene rings is 2. The largest absolute Gasteiger partial charge is 0.289 e. The Kier molecular flexibility index (Phi) is 6.41. The number of carbonyl (C=O) groups is 1. The molecule has 0 spiro atoms. The Balaban J connectivity index is 1.36. The zero-order valence-electron chi connectivity index (χ0n) is 15.1. The van der Waals surface area contributed by atoms with Crippen LogP contribution in [0.15, 0.2) is 92.4 Å². The highest BCUT2D eigenvalue weighted by molar-refractivity contribution is 8.01. The fourth-order valence-corrected chi connectivity index (χ4v) is 4.64. The van der Waals surface area contributed by atoms with Crippen LogP contribution in [0.25, 0.3) is 6.08 Å². The van der Waals surface area contributed by atoms with E-state index >= 15 is 0 Å². The summed E-state index contributed by atoms with van der Waals surface area (Å²) in [6, 6.07) is 21.2. The van der Waals surface area contributed by atoms with Gasteiger partial charge in [0.1, 0.15) is 0 Å². The van der Waals surface area contributed by atoms with Crippen LogP contribution in [0.4, 0.5) is 5.13 Å². The average molecular weight is 434 g/mol. The topological polar surface area (TPSA) is 55.2 Å². The highest BCUT2D eigenvalue weighted by Crippen LogP contribution is 2.33. The van der Waals surface area contributed by atoms with Gasteiger partial charge in [0, 0.05) is 21.6 Å². The van der Waals surface area contributed by atoms with Crippen LogP contribution in [-0.4, -0.2) is 22.2 Å². The molecular formula is C22H15N3OS3. The van der Waals surface area contributed by atoms with Gasteiger partial charge in [0.15, 0.2) is 10.1 Å². The second-order valence-electron chi connectivity index (χ2n) is 5.86. The lowest BCUT2D eigenvalue weighted by molar-refractivity contribution is 0.104. The summed E-state index contributed by atoms with van der Waals surface area (Å²) in [5, 5.41) is 11.0. The number of aliphatic imine (C=N–C) groups is 1. The third kappa shape index (κ3) is 5.57. The van der Waals surface area contributed by atoms with Crippen LogP contribution in [0.5, 0.6) is 0 Å². The van der Waals surface area contributed by atoms with E-state index in [1.807, 2.05) is 78.2 Å². The number of allylic oxidation sites excluding steroid dienone is 1. The van der Waals surface area contributed by atoms with Crippen molar-refractivity contribution in [1.29, 1.82) is 0 Å². The zero-order chi connectivity index (χ0) is 19.9. The fraction of sp³-hybridized carbons (Fsp3) is 0. The molecular weight excluding hydrogens is 418 g/mol. The quantitative estimate of drug-likeness (QED) is 0.192. The molecule has 0 atom stereocenters. The summed E-state index contributed by atoms with van der Waals surface area (Å²) in [4.78, 5) is 18.7. The van der Waals surface area contributed by atoms with Gasteiger partial charge in [-0.05, 0) is 35.2 Å². The maximum Gasteiger partial charge on any atom is 0.232 e. The summed E-state index contributed by atoms with van der Waals surface area (Å²) < 4.78 is 0.839. The Labute approximate surface area is 180 Å². The summed E-state index contributed by atoms with van der Waals surface area (Å²) in [7, 11) is 0. The van der Waals surface area contributed by atoms with Crippen molar-refractivity contribution in [3.05, 3.63) is 94.2 Å². The number of nitrogens with zero attached hydrogens (tertiary/aromatic N) is 3. The lowest BCUT2D eigenvalue weighted by atomic mass is 10.1. The van der Waals surface area contributed by atoms with Crippen molar-refractivity contribution in [2.45, 2.75) is 9.24 Å². The van der Waals surface area contributed by atoms with Crippen LogP contribution in [0.1, 0.15) is 20.8 Å². The number of carbonyl (C=O) groups excluding carboxylic acids is 1. The van der Waals surface area contributed by atoms with Crippen LogP contribution in [0.2, 0.25) is 0 Å². The summed E-state index contributed by atoms with van der Waals surface area (Å²) in [6.07, 6.45) is 5.23. The molecule has 0 aliphatic heterocycles. The summed E-state index contributed by atoms with van der Waals surface area (Å²) in [6.45, 7) is 0. The number of aromatic nitrogens is 2. The van der Waals surface area contributed by atoms with Crippen molar-refractivity contribution in [3.63, 3.8) is 0 Å². The molecule has 4 nitrogen and oxygen atoms in total. The maximum absolute atomic E-state index is 12.1. The first kappa shape index (κ1) is 19.4. The Bertz CT molecular complexity index is 1130. The highest BCUT2D eigenvalue weighted by atomic mass is 32.2. The van der Waals surface area contributed by atoms with E-state index in [9.17, 15) is 4.79 Å². The molecule has 0 bridgehead atoms. The molecule has 0 aliphatic rings. The molecule has 0 fully saturated rings. The molecule has 2 heterocycles. The third-order valence-electron chi connectivity index (χ3n) is 3.81. The molecule has 0 saturated carbocycles. The monoisotopic (exact) mass is 433 g/mol. The number of thiophene rings is 1. The van der Waals surface area contributed by atoms with E-state index < -0.39 is 0 Å². The molecule has 142 valence electrons. The number of ketones is 1. The van der Waals surface area contributed by atoms with Crippen LogP contribution in [0, 0.1) is 0 Å². The average Bonchev–Trinajstić information content (AvgIpc) is 3.44. The van der Waals surface area contributed by atoms with Crippen molar-refractivity contribution in [3.8, 4) is 0 Å². The van der Waals surface area contributed by atoms with Gasteiger partial charge in [-0.15, -0.1) is 21.5 Å². The highest BCUT2D eigenvalue weighted by Gasteiger charge is 2.05. The lowest BCUT2D eigenvalue weighted by Gasteiger charge is -1.98. The van der Waals surface area contributed by atoms with Gasteiger partial charge in [-0.1, -0.05) is 77.7 Å². The van der Waals surface area contributed by atoms with Gasteiger partial charge >= 0.3 is 0 Å². The summed E-state index contributed by atoms with van der Waals surface area (Å²) >= 11 is 4.63. The molecule has 2 aromatic heterocycles. The molecule has 2 aromatic carbocycles. The van der Waals surface area contributed by atoms with Gasteiger partial charge in [0.25, 0.3) is 0 Å². The van der Waals surface area contributed by atoms with Gasteiger partial charge in [-0.3, -0.25) is 4.79 Å². The molecule has 0 amide bonds. The molecule has 0 aliphatic carbocycles. The van der Waals surface area contributed by atoms with Crippen molar-refractivity contribution < 1.29 is 4.79 Å². The Morgan fingerprint density at radius 3 is 2.55 bits per heavy atom. The Morgan fingerprint density at radius 1 is 0.966 bits per heavy atom. The first-order valence-electron chi connectivity index (χ1n) is 8.73. The van der Waals surface area contributed by atoms with Crippen molar-refractivity contribution in [2.24, 2.45) is 4.99 Å². The van der Waals surface area contributed by atoms with Gasteiger partial charge in [0.2, 0.25) is 5.13 Å². The number of hydrogen-bond donors (Lipinski definition) is 0. The number of hydrogen-bond acceptors (Lipinski definition) is 7. The van der Waals surface area contributed by atoms with Crippen molar-refractivity contribution in [1.82, 2.24) is 10.2 Å². The third-order valence-corrected chi connectivity index (χ3v) is 6.51. The van der Waals surface area contributed by atoms with E-state index in [2.05, 4.69) is 15.2 Å². The zero-order valence-corrected chi connectivity index (χ0v) is 17.6. The molecule has 29 heavy (non-hydrogen) atoms. The first-order valence-corrected chi connectivity index (χ1v) is 11.2. The maximum atomic E-state index is 12.1. The van der Waals surface area contributed by atoms with Crippen molar-refractivity contribution in [2.75, 3.05) is 0 Å². The van der Waals surface area contributed by atoms with Crippen LogP contribution < -0.4 is 0 Å². The fourth-order valence-electron chi connectivity index (χ4n) is 2.40. The van der Waals surface area contributed by atoms with Gasteiger partial charge in [-0.2, -0.15) is 0 Å². The van der Waals surface area contributed by atoms with Crippen LogP contribution in [-0.2, 0) is 0 Å². The minimum Gasteiger partial charge on any atom is -0.289 e. The van der Waals surface area contributed by atoms with Crippen LogP contribution in [0.3, 0.4) is 0 Å². The molecule has 4 rings (SSSR count).